The van der Waals surface area contributed by atoms with E-state index in [9.17, 15) is 19.5 Å². The van der Waals surface area contributed by atoms with Gasteiger partial charge in [0.05, 0.1) is 6.42 Å². The van der Waals surface area contributed by atoms with Gasteiger partial charge in [-0.05, 0) is 47.4 Å². The van der Waals surface area contributed by atoms with Crippen molar-refractivity contribution in [1.29, 1.82) is 0 Å². The molecule has 2 amide bonds. The molecule has 2 aliphatic carbocycles. The zero-order chi connectivity index (χ0) is 24.8. The number of hydrogen-bond donors (Lipinski definition) is 3. The molecule has 1 unspecified atom stereocenters. The Labute approximate surface area is 206 Å². The number of aliphatic carboxylic acids is 1. The Bertz CT molecular complexity index is 1020. The maximum atomic E-state index is 12.7. The molecule has 7 nitrogen and oxygen atoms in total. The zero-order valence-electron chi connectivity index (χ0n) is 20.2. The van der Waals surface area contributed by atoms with Crippen molar-refractivity contribution in [2.45, 2.75) is 69.9 Å². The molecule has 2 aliphatic rings. The molecule has 0 aliphatic heterocycles. The number of carbonyl (C=O) groups is 3. The summed E-state index contributed by atoms with van der Waals surface area (Å²) in [5.74, 6) is -0.959. The first-order chi connectivity index (χ1) is 17.0. The SMILES string of the molecule is CCC[C@H](CC(=O)NC(CC(=O)O)C1CCC1)NC(=O)OCC1c2ccccc2-c2ccccc21. The van der Waals surface area contributed by atoms with E-state index in [0.29, 0.717) is 6.42 Å². The Balaban J connectivity index is 1.33. The number of fused-ring (bicyclic) bond motifs is 3. The number of carboxylic acid groups (broad SMARTS) is 1. The van der Waals surface area contributed by atoms with Crippen molar-refractivity contribution in [2.75, 3.05) is 6.61 Å². The van der Waals surface area contributed by atoms with Gasteiger partial charge in [0.1, 0.15) is 6.61 Å². The average molecular weight is 479 g/mol. The average Bonchev–Trinajstić information content (AvgIpc) is 3.10. The Morgan fingerprint density at radius 1 is 0.971 bits per heavy atom. The second-order valence-electron chi connectivity index (χ2n) is 9.62. The first kappa shape index (κ1) is 24.8. The standard InChI is InChI=1S/C28H34N2O5/c1-2-8-19(15-26(31)30-25(16-27(32)33)18-9-7-10-18)29-28(34)35-17-24-22-13-5-3-11-20(22)21-12-4-6-14-23(21)24/h3-6,11-14,18-19,24-25H,2,7-10,15-17H2,1H3,(H,29,34)(H,30,31)(H,32,33)/t19-,25?/m1/s1. The first-order valence-electron chi connectivity index (χ1n) is 12.6. The molecule has 186 valence electrons. The number of ether oxygens (including phenoxy) is 1. The van der Waals surface area contributed by atoms with Crippen molar-refractivity contribution in [1.82, 2.24) is 10.6 Å². The van der Waals surface area contributed by atoms with Crippen molar-refractivity contribution >= 4 is 18.0 Å². The number of amides is 2. The quantitative estimate of drug-likeness (QED) is 0.429. The van der Waals surface area contributed by atoms with E-state index in [-0.39, 0.29) is 49.3 Å². The van der Waals surface area contributed by atoms with E-state index < -0.39 is 12.1 Å². The highest BCUT2D eigenvalue weighted by Crippen LogP contribution is 2.44. The monoisotopic (exact) mass is 478 g/mol. The number of alkyl carbamates (subject to hydrolysis) is 1. The summed E-state index contributed by atoms with van der Waals surface area (Å²) in [6.45, 7) is 2.21. The summed E-state index contributed by atoms with van der Waals surface area (Å²) in [6.07, 6.45) is 3.85. The predicted molar refractivity (Wildman–Crippen MR) is 133 cm³/mol. The Morgan fingerprint density at radius 3 is 2.14 bits per heavy atom. The Kier molecular flexibility index (Phi) is 8.06. The maximum absolute atomic E-state index is 12.7. The van der Waals surface area contributed by atoms with Crippen LogP contribution in [-0.2, 0) is 14.3 Å². The molecule has 1 saturated carbocycles. The second kappa shape index (κ2) is 11.4. The lowest BCUT2D eigenvalue weighted by Crippen LogP contribution is -2.46. The van der Waals surface area contributed by atoms with Gasteiger partial charge in [0, 0.05) is 24.4 Å². The normalized spacial score (nSPS) is 16.4. The number of benzene rings is 2. The van der Waals surface area contributed by atoms with Crippen LogP contribution in [0.3, 0.4) is 0 Å². The molecule has 0 saturated heterocycles. The Hall–Kier alpha value is -3.35. The lowest BCUT2D eigenvalue weighted by Gasteiger charge is -2.33. The Morgan fingerprint density at radius 2 is 1.60 bits per heavy atom. The van der Waals surface area contributed by atoms with E-state index in [0.717, 1.165) is 36.8 Å². The van der Waals surface area contributed by atoms with E-state index in [1.165, 1.54) is 11.1 Å². The molecule has 2 aromatic rings. The van der Waals surface area contributed by atoms with Gasteiger partial charge >= 0.3 is 12.1 Å². The van der Waals surface area contributed by atoms with Crippen LogP contribution >= 0.6 is 0 Å². The van der Waals surface area contributed by atoms with Crippen molar-refractivity contribution in [2.24, 2.45) is 5.92 Å². The van der Waals surface area contributed by atoms with Crippen LogP contribution in [0.25, 0.3) is 11.1 Å². The molecule has 0 heterocycles. The number of rotatable bonds is 11. The van der Waals surface area contributed by atoms with E-state index in [1.807, 2.05) is 31.2 Å². The first-order valence-corrected chi connectivity index (χ1v) is 12.6. The van der Waals surface area contributed by atoms with Crippen LogP contribution < -0.4 is 10.6 Å². The number of carbonyl (C=O) groups excluding carboxylic acids is 2. The number of carboxylic acids is 1. The molecule has 2 aromatic carbocycles. The van der Waals surface area contributed by atoms with E-state index in [4.69, 9.17) is 4.74 Å². The summed E-state index contributed by atoms with van der Waals surface area (Å²) in [6, 6.07) is 15.6. The molecule has 0 radical (unpaired) electrons. The fraction of sp³-hybridized carbons (Fsp3) is 0.464. The van der Waals surface area contributed by atoms with Crippen LogP contribution in [0.4, 0.5) is 4.79 Å². The van der Waals surface area contributed by atoms with E-state index in [2.05, 4.69) is 34.9 Å². The van der Waals surface area contributed by atoms with Gasteiger partial charge in [0.25, 0.3) is 0 Å². The fourth-order valence-corrected chi connectivity index (χ4v) is 5.24. The lowest BCUT2D eigenvalue weighted by molar-refractivity contribution is -0.138. The van der Waals surface area contributed by atoms with Gasteiger partial charge in [-0.1, -0.05) is 68.3 Å². The van der Waals surface area contributed by atoms with Crippen LogP contribution in [0.5, 0.6) is 0 Å². The van der Waals surface area contributed by atoms with Crippen molar-refractivity contribution in [3.8, 4) is 11.1 Å². The molecule has 0 aromatic heterocycles. The van der Waals surface area contributed by atoms with Gasteiger partial charge in [-0.3, -0.25) is 9.59 Å². The molecule has 7 heteroatoms. The highest BCUT2D eigenvalue weighted by molar-refractivity contribution is 5.80. The molecule has 4 rings (SSSR count). The summed E-state index contributed by atoms with van der Waals surface area (Å²) >= 11 is 0. The summed E-state index contributed by atoms with van der Waals surface area (Å²) in [7, 11) is 0. The van der Waals surface area contributed by atoms with Crippen LogP contribution in [0, 0.1) is 5.92 Å². The largest absolute Gasteiger partial charge is 0.481 e. The second-order valence-corrected chi connectivity index (χ2v) is 9.62. The molecule has 1 fully saturated rings. The molecule has 0 bridgehead atoms. The molecular weight excluding hydrogens is 444 g/mol. The molecule has 2 atom stereocenters. The molecule has 3 N–H and O–H groups in total. The van der Waals surface area contributed by atoms with Gasteiger partial charge in [-0.25, -0.2) is 4.79 Å². The highest BCUT2D eigenvalue weighted by Gasteiger charge is 2.31. The molecular formula is C28H34N2O5. The van der Waals surface area contributed by atoms with E-state index in [1.54, 1.807) is 0 Å². The summed E-state index contributed by atoms with van der Waals surface area (Å²) in [4.78, 5) is 36.6. The highest BCUT2D eigenvalue weighted by atomic mass is 16.5. The third-order valence-electron chi connectivity index (χ3n) is 7.19. The smallest absolute Gasteiger partial charge is 0.407 e. The van der Waals surface area contributed by atoms with Gasteiger partial charge in [-0.15, -0.1) is 0 Å². The van der Waals surface area contributed by atoms with Gasteiger partial charge in [0.15, 0.2) is 0 Å². The lowest BCUT2D eigenvalue weighted by atomic mass is 9.78. The topological polar surface area (TPSA) is 105 Å². The van der Waals surface area contributed by atoms with Crippen molar-refractivity contribution in [3.63, 3.8) is 0 Å². The summed E-state index contributed by atoms with van der Waals surface area (Å²) in [5, 5.41) is 14.9. The van der Waals surface area contributed by atoms with Gasteiger partial charge in [-0.2, -0.15) is 0 Å². The van der Waals surface area contributed by atoms with Crippen LogP contribution in [0.15, 0.2) is 48.5 Å². The third-order valence-corrected chi connectivity index (χ3v) is 7.19. The number of hydrogen-bond acceptors (Lipinski definition) is 4. The van der Waals surface area contributed by atoms with Crippen LogP contribution in [-0.4, -0.2) is 41.8 Å². The third kappa shape index (κ3) is 6.02. The summed E-state index contributed by atoms with van der Waals surface area (Å²) < 4.78 is 5.64. The summed E-state index contributed by atoms with van der Waals surface area (Å²) in [5.41, 5.74) is 4.62. The maximum Gasteiger partial charge on any atom is 0.407 e. The van der Waals surface area contributed by atoms with Gasteiger partial charge < -0.3 is 20.5 Å². The van der Waals surface area contributed by atoms with Crippen molar-refractivity contribution < 1.29 is 24.2 Å². The minimum atomic E-state index is -0.913. The zero-order valence-corrected chi connectivity index (χ0v) is 20.2. The molecule has 35 heavy (non-hydrogen) atoms. The van der Waals surface area contributed by atoms with Gasteiger partial charge in [0.2, 0.25) is 5.91 Å². The minimum Gasteiger partial charge on any atom is -0.481 e. The minimum absolute atomic E-state index is 0.0275. The van der Waals surface area contributed by atoms with E-state index >= 15 is 0 Å². The fourth-order valence-electron chi connectivity index (χ4n) is 5.24. The molecule has 0 spiro atoms. The van der Waals surface area contributed by atoms with Crippen LogP contribution in [0.1, 0.15) is 68.9 Å². The number of nitrogens with one attached hydrogen (secondary N) is 2. The van der Waals surface area contributed by atoms with Crippen molar-refractivity contribution in [3.05, 3.63) is 59.7 Å². The predicted octanol–water partition coefficient (Wildman–Crippen LogP) is 4.84. The van der Waals surface area contributed by atoms with Crippen LogP contribution in [0.2, 0.25) is 0 Å².